The van der Waals surface area contributed by atoms with Crippen molar-refractivity contribution in [3.05, 3.63) is 23.5 Å². The van der Waals surface area contributed by atoms with E-state index in [1.54, 1.807) is 0 Å². The molecular formula is C10H7F6NO3. The number of carboxylic acid groups (broad SMARTS) is 1. The lowest BCUT2D eigenvalue weighted by atomic mass is 9.98. The van der Waals surface area contributed by atoms with Crippen molar-refractivity contribution in [2.24, 2.45) is 13.0 Å². The van der Waals surface area contributed by atoms with Crippen LogP contribution in [0.1, 0.15) is 20.8 Å². The van der Waals surface area contributed by atoms with Gasteiger partial charge in [-0.3, -0.25) is 4.79 Å². The summed E-state index contributed by atoms with van der Waals surface area (Å²) >= 11 is 0. The number of Topliss-reactive ketones (excluding diaryl/α,β-unsaturated/α-hetero) is 1. The van der Waals surface area contributed by atoms with E-state index < -0.39 is 41.3 Å². The first-order valence-corrected chi connectivity index (χ1v) is 4.93. The number of carbonyl (C=O) groups excluding carboxylic acids is 1. The maximum atomic E-state index is 12.4. The second-order valence-electron chi connectivity index (χ2n) is 3.91. The maximum Gasteiger partial charge on any atom is 0.407 e. The third-order valence-corrected chi connectivity index (χ3v) is 2.43. The van der Waals surface area contributed by atoms with E-state index in [-0.39, 0.29) is 0 Å². The Labute approximate surface area is 107 Å². The van der Waals surface area contributed by atoms with Crippen LogP contribution in [-0.2, 0) is 7.05 Å². The molecule has 10 heteroatoms. The molecule has 0 amide bonds. The Kier molecular flexibility index (Phi) is 3.88. The number of halogens is 6. The minimum absolute atomic E-state index is 0.467. The van der Waals surface area contributed by atoms with Crippen molar-refractivity contribution < 1.29 is 41.0 Å². The highest BCUT2D eigenvalue weighted by molar-refractivity contribution is 6.01. The monoisotopic (exact) mass is 303 g/mol. The van der Waals surface area contributed by atoms with Crippen molar-refractivity contribution in [2.75, 3.05) is 0 Å². The number of aromatic nitrogens is 1. The molecule has 0 saturated carbocycles. The number of aromatic carboxylic acids is 1. The summed E-state index contributed by atoms with van der Waals surface area (Å²) < 4.78 is 74.9. The van der Waals surface area contributed by atoms with Crippen LogP contribution in [0.3, 0.4) is 0 Å². The Morgan fingerprint density at radius 1 is 1.15 bits per heavy atom. The van der Waals surface area contributed by atoms with E-state index in [1.165, 1.54) is 0 Å². The van der Waals surface area contributed by atoms with Crippen molar-refractivity contribution in [1.82, 2.24) is 4.57 Å². The van der Waals surface area contributed by atoms with Gasteiger partial charge in [0.2, 0.25) is 5.92 Å². The van der Waals surface area contributed by atoms with Gasteiger partial charge in [-0.1, -0.05) is 0 Å². The van der Waals surface area contributed by atoms with Crippen LogP contribution in [0.4, 0.5) is 26.3 Å². The molecule has 1 N–H and O–H groups in total. The van der Waals surface area contributed by atoms with Gasteiger partial charge in [-0.2, -0.15) is 26.3 Å². The van der Waals surface area contributed by atoms with Gasteiger partial charge in [0.15, 0.2) is 5.78 Å². The maximum absolute atomic E-state index is 12.4. The van der Waals surface area contributed by atoms with Crippen molar-refractivity contribution in [3.8, 4) is 0 Å². The van der Waals surface area contributed by atoms with Crippen LogP contribution in [0.2, 0.25) is 0 Å². The highest BCUT2D eigenvalue weighted by Crippen LogP contribution is 2.41. The number of carboxylic acids is 1. The fraction of sp³-hybridized carbons (Fsp3) is 0.400. The summed E-state index contributed by atoms with van der Waals surface area (Å²) in [6, 6.07) is 0.467. The molecule has 0 aromatic carbocycles. The predicted octanol–water partition coefficient (Wildman–Crippen LogP) is 2.65. The number of nitrogens with zero attached hydrogens (tertiary/aromatic N) is 1. The Hall–Kier alpha value is -2.00. The molecule has 1 aromatic rings. The van der Waals surface area contributed by atoms with Gasteiger partial charge in [-0.15, -0.1) is 0 Å². The van der Waals surface area contributed by atoms with Crippen LogP contribution in [0, 0.1) is 5.92 Å². The molecule has 20 heavy (non-hydrogen) atoms. The average Bonchev–Trinajstić information content (AvgIpc) is 2.55. The van der Waals surface area contributed by atoms with E-state index in [4.69, 9.17) is 5.11 Å². The smallest absolute Gasteiger partial charge is 0.407 e. The molecule has 0 spiro atoms. The van der Waals surface area contributed by atoms with Crippen LogP contribution < -0.4 is 0 Å². The summed E-state index contributed by atoms with van der Waals surface area (Å²) in [7, 11) is 1.08. The SMILES string of the molecule is Cn1cc(C(=O)C(C(F)(F)F)C(F)(F)F)cc1C(=O)O. The van der Waals surface area contributed by atoms with Gasteiger partial charge in [0.05, 0.1) is 0 Å². The number of alkyl halides is 6. The Morgan fingerprint density at radius 2 is 1.60 bits per heavy atom. The number of aryl methyl sites for hydroxylation is 1. The Morgan fingerprint density at radius 3 is 1.90 bits per heavy atom. The van der Waals surface area contributed by atoms with Crippen molar-refractivity contribution >= 4 is 11.8 Å². The molecule has 0 bridgehead atoms. The molecular weight excluding hydrogens is 296 g/mol. The van der Waals surface area contributed by atoms with Gasteiger partial charge in [-0.25, -0.2) is 4.79 Å². The molecule has 0 radical (unpaired) electrons. The zero-order valence-electron chi connectivity index (χ0n) is 9.71. The van der Waals surface area contributed by atoms with Crippen LogP contribution in [0.25, 0.3) is 0 Å². The Balaban J connectivity index is 3.28. The summed E-state index contributed by atoms with van der Waals surface area (Å²) in [5.41, 5.74) is -1.57. The summed E-state index contributed by atoms with van der Waals surface area (Å²) in [6.07, 6.45) is -11.0. The quantitative estimate of drug-likeness (QED) is 0.690. The molecule has 112 valence electrons. The number of ketones is 1. The summed E-state index contributed by atoms with van der Waals surface area (Å²) in [5, 5.41) is 8.64. The van der Waals surface area contributed by atoms with Crippen LogP contribution in [0.5, 0.6) is 0 Å². The fourth-order valence-electron chi connectivity index (χ4n) is 1.56. The molecule has 0 atom stereocenters. The van der Waals surface area contributed by atoms with Crippen molar-refractivity contribution in [1.29, 1.82) is 0 Å². The minimum atomic E-state index is -5.81. The lowest BCUT2D eigenvalue weighted by molar-refractivity contribution is -0.264. The minimum Gasteiger partial charge on any atom is -0.477 e. The first kappa shape index (κ1) is 16.1. The first-order valence-electron chi connectivity index (χ1n) is 4.93. The molecule has 0 aliphatic heterocycles. The van der Waals surface area contributed by atoms with Crippen LogP contribution in [0.15, 0.2) is 12.3 Å². The highest BCUT2D eigenvalue weighted by Gasteiger charge is 2.61. The zero-order valence-corrected chi connectivity index (χ0v) is 9.71. The van der Waals surface area contributed by atoms with E-state index in [1.807, 2.05) is 0 Å². The third kappa shape index (κ3) is 3.11. The number of hydrogen-bond acceptors (Lipinski definition) is 2. The van der Waals surface area contributed by atoms with Gasteiger partial charge in [-0.05, 0) is 6.07 Å². The van der Waals surface area contributed by atoms with E-state index in [0.29, 0.717) is 12.3 Å². The number of rotatable bonds is 3. The van der Waals surface area contributed by atoms with Crippen molar-refractivity contribution in [3.63, 3.8) is 0 Å². The molecule has 4 nitrogen and oxygen atoms in total. The zero-order chi connectivity index (χ0) is 15.9. The summed E-state index contributed by atoms with van der Waals surface area (Å²) in [6.45, 7) is 0. The first-order chi connectivity index (χ1) is 8.85. The molecule has 1 rings (SSSR count). The summed E-state index contributed by atoms with van der Waals surface area (Å²) in [4.78, 5) is 22.0. The fourth-order valence-corrected chi connectivity index (χ4v) is 1.56. The lowest BCUT2D eigenvalue weighted by Crippen LogP contribution is -2.42. The molecule has 1 heterocycles. The second kappa shape index (κ2) is 4.84. The average molecular weight is 303 g/mol. The predicted molar refractivity (Wildman–Crippen MR) is 52.3 cm³/mol. The van der Waals surface area contributed by atoms with Gasteiger partial charge in [0.25, 0.3) is 0 Å². The van der Waals surface area contributed by atoms with Crippen molar-refractivity contribution in [2.45, 2.75) is 12.4 Å². The largest absolute Gasteiger partial charge is 0.477 e. The number of hydrogen-bond donors (Lipinski definition) is 1. The normalized spacial score (nSPS) is 12.8. The highest BCUT2D eigenvalue weighted by atomic mass is 19.4. The van der Waals surface area contributed by atoms with Gasteiger partial charge in [0.1, 0.15) is 5.69 Å². The van der Waals surface area contributed by atoms with Gasteiger partial charge in [0, 0.05) is 18.8 Å². The van der Waals surface area contributed by atoms with E-state index in [9.17, 15) is 35.9 Å². The van der Waals surface area contributed by atoms with Gasteiger partial charge < -0.3 is 9.67 Å². The van der Waals surface area contributed by atoms with Crippen LogP contribution >= 0.6 is 0 Å². The van der Waals surface area contributed by atoms with E-state index in [2.05, 4.69) is 0 Å². The topological polar surface area (TPSA) is 59.3 Å². The Bertz CT molecular complexity index is 528. The lowest BCUT2D eigenvalue weighted by Gasteiger charge is -2.21. The second-order valence-corrected chi connectivity index (χ2v) is 3.91. The van der Waals surface area contributed by atoms with Crippen LogP contribution in [-0.4, -0.2) is 33.8 Å². The number of carbonyl (C=O) groups is 2. The van der Waals surface area contributed by atoms with Gasteiger partial charge >= 0.3 is 18.3 Å². The van der Waals surface area contributed by atoms with E-state index in [0.717, 1.165) is 11.6 Å². The standard InChI is InChI=1S/C10H7F6NO3/c1-17-3-4(2-5(17)8(19)20)6(18)7(9(11,12)13)10(14,15)16/h2-3,7H,1H3,(H,19,20). The molecule has 0 aliphatic rings. The molecule has 0 unspecified atom stereocenters. The molecule has 0 fully saturated rings. The molecule has 0 saturated heterocycles. The third-order valence-electron chi connectivity index (χ3n) is 2.43. The van der Waals surface area contributed by atoms with E-state index >= 15 is 0 Å². The summed E-state index contributed by atoms with van der Waals surface area (Å²) in [5.74, 6) is -8.01. The molecule has 1 aromatic heterocycles. The molecule has 0 aliphatic carbocycles.